The fourth-order valence-electron chi connectivity index (χ4n) is 10.3. The topological polar surface area (TPSA) is 139 Å². The molecule has 1 amide bonds. The summed E-state index contributed by atoms with van der Waals surface area (Å²) in [6.45, 7) is 11.1. The van der Waals surface area contributed by atoms with Crippen molar-refractivity contribution in [2.45, 2.75) is 97.6 Å². The molecule has 5 atom stereocenters. The number of fused-ring (bicyclic) bond motifs is 1. The van der Waals surface area contributed by atoms with Crippen molar-refractivity contribution in [3.8, 4) is 5.75 Å². The van der Waals surface area contributed by atoms with Gasteiger partial charge in [-0.25, -0.2) is 0 Å². The summed E-state index contributed by atoms with van der Waals surface area (Å²) in [7, 11) is 0. The molecule has 2 aliphatic carbocycles. The first-order valence-electron chi connectivity index (χ1n) is 18.8. The summed E-state index contributed by atoms with van der Waals surface area (Å²) in [5.74, 6) is 0.219. The Kier molecular flexibility index (Phi) is 8.96. The van der Waals surface area contributed by atoms with Crippen LogP contribution in [0.2, 0.25) is 0 Å². The molecule has 2 aromatic rings. The van der Waals surface area contributed by atoms with Gasteiger partial charge in [0, 0.05) is 54.3 Å². The molecular weight excluding hydrogens is 697 g/mol. The predicted molar refractivity (Wildman–Crippen MR) is 197 cm³/mol. The first-order valence-corrected chi connectivity index (χ1v) is 18.8. The van der Waals surface area contributed by atoms with Gasteiger partial charge in [0.1, 0.15) is 17.6 Å². The number of hydrogen-bond acceptors (Lipinski definition) is 8. The molecule has 9 nitrogen and oxygen atoms in total. The predicted octanol–water partition coefficient (Wildman–Crippen LogP) is 6.37. The minimum absolute atomic E-state index is 0.0581. The number of halogens is 3. The number of hydrogen-bond donors (Lipinski definition) is 3. The number of para-hydroxylation sites is 1. The highest BCUT2D eigenvalue weighted by Crippen LogP contribution is 2.53. The molecule has 2 aromatic carbocycles. The summed E-state index contributed by atoms with van der Waals surface area (Å²) in [6, 6.07) is 9.26. The van der Waals surface area contributed by atoms with Crippen molar-refractivity contribution in [2.75, 3.05) is 26.2 Å². The molecule has 0 saturated carbocycles. The van der Waals surface area contributed by atoms with E-state index in [0.29, 0.717) is 81.6 Å². The van der Waals surface area contributed by atoms with Gasteiger partial charge in [-0.05, 0) is 87.8 Å². The van der Waals surface area contributed by atoms with E-state index in [2.05, 4.69) is 0 Å². The average molecular weight is 749 g/mol. The van der Waals surface area contributed by atoms with Crippen LogP contribution in [0.4, 0.5) is 13.2 Å². The Morgan fingerprint density at radius 2 is 1.59 bits per heavy atom. The van der Waals surface area contributed by atoms with Gasteiger partial charge in [-0.1, -0.05) is 50.6 Å². The van der Waals surface area contributed by atoms with Crippen molar-refractivity contribution < 1.29 is 37.4 Å². The molecule has 12 heteroatoms. The molecular formula is C42H51F3N4O5. The van der Waals surface area contributed by atoms with Crippen LogP contribution in [0, 0.1) is 28.6 Å². The maximum absolute atomic E-state index is 14.1. The lowest BCUT2D eigenvalue weighted by molar-refractivity contribution is -0.137. The van der Waals surface area contributed by atoms with E-state index in [1.807, 2.05) is 50.8 Å². The summed E-state index contributed by atoms with van der Waals surface area (Å²) >= 11 is 0. The van der Waals surface area contributed by atoms with Gasteiger partial charge >= 0.3 is 6.18 Å². The van der Waals surface area contributed by atoms with E-state index in [1.54, 1.807) is 30.0 Å². The average Bonchev–Trinajstić information content (AvgIpc) is 3.78. The monoisotopic (exact) mass is 748 g/mol. The Balaban J connectivity index is 1.04. The fraction of sp³-hybridized carbons (Fsp3) is 0.548. The number of nitrogens with two attached hydrogens (primary N) is 2. The lowest BCUT2D eigenvalue weighted by Gasteiger charge is -2.42. The number of Topliss-reactive ketones (excluding diaryl/α,β-unsaturated/α-hetero) is 2. The summed E-state index contributed by atoms with van der Waals surface area (Å²) in [4.78, 5) is 44.0. The van der Waals surface area contributed by atoms with Crippen molar-refractivity contribution in [1.82, 2.24) is 9.80 Å². The normalized spacial score (nSPS) is 31.5. The van der Waals surface area contributed by atoms with E-state index in [1.165, 1.54) is 0 Å². The number of alkyl halides is 3. The van der Waals surface area contributed by atoms with Gasteiger partial charge in [0.25, 0.3) is 5.91 Å². The summed E-state index contributed by atoms with van der Waals surface area (Å²) in [5.41, 5.74) is 11.2. The van der Waals surface area contributed by atoms with Gasteiger partial charge in [0.2, 0.25) is 0 Å². The molecule has 0 aromatic heterocycles. The maximum Gasteiger partial charge on any atom is 0.416 e. The van der Waals surface area contributed by atoms with Crippen LogP contribution in [0.15, 0.2) is 59.9 Å². The first kappa shape index (κ1) is 38.1. The zero-order valence-electron chi connectivity index (χ0n) is 31.7. The number of likely N-dealkylation sites (tertiary alicyclic amines) is 2. The van der Waals surface area contributed by atoms with Crippen LogP contribution in [0.3, 0.4) is 0 Å². The number of carbonyl (C=O) groups excluding carboxylic acids is 3. The molecule has 5 N–H and O–H groups in total. The summed E-state index contributed by atoms with van der Waals surface area (Å²) in [5, 5.41) is 11.3. The van der Waals surface area contributed by atoms with Crippen molar-refractivity contribution in [3.05, 3.63) is 87.8 Å². The van der Waals surface area contributed by atoms with Crippen LogP contribution in [-0.4, -0.2) is 64.2 Å². The smallest absolute Gasteiger partial charge is 0.416 e. The molecule has 2 spiro atoms. The molecule has 3 heterocycles. The van der Waals surface area contributed by atoms with E-state index in [0.717, 1.165) is 24.1 Å². The zero-order valence-corrected chi connectivity index (χ0v) is 31.7. The number of allylic oxidation sites excluding steroid dienone is 2. The number of carbonyl (C=O) groups is 3. The Bertz CT molecular complexity index is 1990. The zero-order chi connectivity index (χ0) is 39.2. The third-order valence-corrected chi connectivity index (χ3v) is 12.8. The second kappa shape index (κ2) is 12.7. The van der Waals surface area contributed by atoms with Gasteiger partial charge in [0.05, 0.1) is 22.5 Å². The quantitative estimate of drug-likeness (QED) is 0.310. The summed E-state index contributed by atoms with van der Waals surface area (Å²) < 4.78 is 47.4. The summed E-state index contributed by atoms with van der Waals surface area (Å²) in [6.07, 6.45) is 1.80. The van der Waals surface area contributed by atoms with Crippen molar-refractivity contribution in [2.24, 2.45) is 33.1 Å². The number of rotatable bonds is 6. The van der Waals surface area contributed by atoms with Gasteiger partial charge in [-0.15, -0.1) is 0 Å². The molecule has 2 fully saturated rings. The lowest BCUT2D eigenvalue weighted by Crippen LogP contribution is -2.45. The fourth-order valence-corrected chi connectivity index (χ4v) is 10.3. The standard InChI is InChI=1S/C42H51F3N4O5/c1-25-15-27(17-28(16-25)42(43,44)45)35(52)48-13-12-41(24-48)20-31(47)34(51)38(4,22-41)9-10-39(5)18-26-7-6-8-29(32(26)54-39)36(53)49-14-11-40(23-49)19-30(46)33(50)37(2,3)21-40/h6-8,15-17,19-20,35,52H,9-14,18,21-24,46-47H2,1-5H3/t35?,38?,39?,40-,41-/m0/s1. The minimum Gasteiger partial charge on any atom is -0.486 e. The number of ether oxygens (including phenoxy) is 1. The maximum atomic E-state index is 14.1. The van der Waals surface area contributed by atoms with E-state index in [4.69, 9.17) is 16.2 Å². The molecule has 3 unspecified atom stereocenters. The van der Waals surface area contributed by atoms with Crippen LogP contribution in [0.1, 0.15) is 105 Å². The highest BCUT2D eigenvalue weighted by atomic mass is 19.4. The molecule has 0 radical (unpaired) electrons. The van der Waals surface area contributed by atoms with Crippen LogP contribution in [0.5, 0.6) is 5.75 Å². The van der Waals surface area contributed by atoms with E-state index in [9.17, 15) is 32.7 Å². The second-order valence-electron chi connectivity index (χ2n) is 18.1. The van der Waals surface area contributed by atoms with Gasteiger partial charge in [-0.2, -0.15) is 13.2 Å². The third-order valence-electron chi connectivity index (χ3n) is 12.8. The molecule has 0 bridgehead atoms. The molecule has 2 saturated heterocycles. The highest BCUT2D eigenvalue weighted by Gasteiger charge is 2.52. The van der Waals surface area contributed by atoms with Crippen molar-refractivity contribution in [3.63, 3.8) is 0 Å². The van der Waals surface area contributed by atoms with Gasteiger partial charge in [0.15, 0.2) is 11.6 Å². The molecule has 54 heavy (non-hydrogen) atoms. The Labute approximate surface area is 314 Å². The van der Waals surface area contributed by atoms with E-state index >= 15 is 0 Å². The van der Waals surface area contributed by atoms with Gasteiger partial charge in [-0.3, -0.25) is 19.3 Å². The lowest BCUT2D eigenvalue weighted by atomic mass is 9.62. The Morgan fingerprint density at radius 3 is 2.28 bits per heavy atom. The first-order chi connectivity index (χ1) is 25.1. The highest BCUT2D eigenvalue weighted by molar-refractivity contribution is 6.01. The largest absolute Gasteiger partial charge is 0.486 e. The van der Waals surface area contributed by atoms with E-state index in [-0.39, 0.29) is 39.8 Å². The SMILES string of the molecule is Cc1cc(C(O)N2CC[C@@]3(C=C(N)C(=O)C(C)(CCC4(C)Cc5cccc(C(=O)N6CC[C@@]7(C=C(N)C(=O)C(C)(C)C7)C6)c5O4)C3)C2)cc(C(F)(F)F)c1. The second-order valence-corrected chi connectivity index (χ2v) is 18.1. The number of aryl methyl sites for hydroxylation is 1. The number of nitrogens with zero attached hydrogens (tertiary/aromatic N) is 2. The number of benzene rings is 2. The molecule has 3 aliphatic heterocycles. The van der Waals surface area contributed by atoms with E-state index < -0.39 is 39.8 Å². The molecule has 5 aliphatic rings. The minimum atomic E-state index is -4.53. The van der Waals surface area contributed by atoms with Crippen LogP contribution < -0.4 is 16.2 Å². The third kappa shape index (κ3) is 6.73. The number of ketones is 2. The molecule has 7 rings (SSSR count). The van der Waals surface area contributed by atoms with Crippen molar-refractivity contribution in [1.29, 1.82) is 0 Å². The van der Waals surface area contributed by atoms with Crippen LogP contribution >= 0.6 is 0 Å². The van der Waals surface area contributed by atoms with Crippen LogP contribution in [0.25, 0.3) is 0 Å². The number of amides is 1. The Morgan fingerprint density at radius 1 is 0.926 bits per heavy atom. The Hall–Kier alpha value is -4.16. The molecule has 290 valence electrons. The van der Waals surface area contributed by atoms with Gasteiger partial charge < -0.3 is 26.2 Å². The van der Waals surface area contributed by atoms with Crippen molar-refractivity contribution >= 4 is 17.5 Å². The number of aliphatic hydroxyl groups is 1. The number of aliphatic hydroxyl groups excluding tert-OH is 1. The van der Waals surface area contributed by atoms with Crippen LogP contribution in [-0.2, 0) is 22.2 Å².